The molecular formula is C25H23ClN4O4. The highest BCUT2D eigenvalue weighted by atomic mass is 35.5. The molecule has 0 unspecified atom stereocenters. The summed E-state index contributed by atoms with van der Waals surface area (Å²) >= 11 is 6.49. The van der Waals surface area contributed by atoms with Gasteiger partial charge in [-0.2, -0.15) is 0 Å². The quantitative estimate of drug-likeness (QED) is 0.333. The Bertz CT molecular complexity index is 1300. The van der Waals surface area contributed by atoms with E-state index in [0.717, 1.165) is 12.8 Å². The van der Waals surface area contributed by atoms with Gasteiger partial charge >= 0.3 is 0 Å². The van der Waals surface area contributed by atoms with Gasteiger partial charge in [-0.1, -0.05) is 29.8 Å². The molecule has 174 valence electrons. The molecule has 3 heterocycles. The van der Waals surface area contributed by atoms with Crippen LogP contribution in [0.4, 0.5) is 5.82 Å². The molecule has 4 aromatic rings. The summed E-state index contributed by atoms with van der Waals surface area (Å²) in [7, 11) is 0. The third kappa shape index (κ3) is 4.61. The molecule has 34 heavy (non-hydrogen) atoms. The first-order valence-electron chi connectivity index (χ1n) is 11.0. The summed E-state index contributed by atoms with van der Waals surface area (Å²) < 4.78 is 11.5. The zero-order valence-corrected chi connectivity index (χ0v) is 19.0. The second-order valence-corrected chi connectivity index (χ2v) is 8.50. The monoisotopic (exact) mass is 478 g/mol. The number of hydrogen-bond acceptors (Lipinski definition) is 7. The van der Waals surface area contributed by atoms with Crippen molar-refractivity contribution in [2.45, 2.75) is 25.0 Å². The predicted octanol–water partition coefficient (Wildman–Crippen LogP) is 4.59. The standard InChI is InChI=1S/C25H23ClN4O4/c26-21-10-17(34-16-4-2-1-3-5-16)8-9-19(21)23(32)20-11-27-24-22(20)25(29-14-28-24)30-15-6-7-18(12-31)33-13-15/h1-5,8-11,14-15,18,31H,6-7,12-13H2,(H2,27,28,29,30)/t15-,18-/m1/s1. The Morgan fingerprint density at radius 1 is 1.15 bits per heavy atom. The van der Waals surface area contributed by atoms with Gasteiger partial charge in [-0.05, 0) is 37.1 Å². The number of hydrogen-bond donors (Lipinski definition) is 3. The molecule has 0 aliphatic carbocycles. The van der Waals surface area contributed by atoms with E-state index in [2.05, 4.69) is 20.3 Å². The van der Waals surface area contributed by atoms with E-state index in [1.54, 1.807) is 24.4 Å². The number of carbonyl (C=O) groups excluding carboxylic acids is 1. The molecule has 1 saturated heterocycles. The Balaban J connectivity index is 1.40. The van der Waals surface area contributed by atoms with Crippen molar-refractivity contribution in [3.8, 4) is 11.5 Å². The first-order chi connectivity index (χ1) is 16.6. The minimum Gasteiger partial charge on any atom is -0.457 e. The number of benzene rings is 2. The average molecular weight is 479 g/mol. The maximum absolute atomic E-state index is 13.5. The van der Waals surface area contributed by atoms with Crippen LogP contribution in [0.25, 0.3) is 11.0 Å². The van der Waals surface area contributed by atoms with Crippen LogP contribution >= 0.6 is 11.6 Å². The van der Waals surface area contributed by atoms with Gasteiger partial charge < -0.3 is 24.9 Å². The highest BCUT2D eigenvalue weighted by Gasteiger charge is 2.25. The van der Waals surface area contributed by atoms with Gasteiger partial charge in [0.2, 0.25) is 0 Å². The summed E-state index contributed by atoms with van der Waals surface area (Å²) in [6, 6.07) is 14.4. The van der Waals surface area contributed by atoms with Gasteiger partial charge in [0, 0.05) is 17.8 Å². The molecule has 0 spiro atoms. The number of para-hydroxylation sites is 1. The number of H-pyrrole nitrogens is 1. The van der Waals surface area contributed by atoms with Crippen LogP contribution in [0.3, 0.4) is 0 Å². The minimum absolute atomic E-state index is 0.0108. The van der Waals surface area contributed by atoms with Crippen LogP contribution in [0.2, 0.25) is 5.02 Å². The Hall–Kier alpha value is -3.46. The van der Waals surface area contributed by atoms with Gasteiger partial charge in [-0.25, -0.2) is 9.97 Å². The summed E-state index contributed by atoms with van der Waals surface area (Å²) in [6.07, 6.45) is 4.49. The first-order valence-corrected chi connectivity index (χ1v) is 11.4. The fourth-order valence-corrected chi connectivity index (χ4v) is 4.28. The Morgan fingerprint density at radius 3 is 2.74 bits per heavy atom. The molecule has 1 aliphatic heterocycles. The number of anilines is 1. The van der Waals surface area contributed by atoms with Crippen molar-refractivity contribution in [2.24, 2.45) is 0 Å². The molecule has 2 atom stereocenters. The van der Waals surface area contributed by atoms with Crippen molar-refractivity contribution in [3.05, 3.63) is 77.2 Å². The van der Waals surface area contributed by atoms with E-state index in [4.69, 9.17) is 21.1 Å². The highest BCUT2D eigenvalue weighted by Crippen LogP contribution is 2.32. The zero-order chi connectivity index (χ0) is 23.5. The number of halogens is 1. The lowest BCUT2D eigenvalue weighted by Gasteiger charge is -2.29. The molecule has 3 N–H and O–H groups in total. The van der Waals surface area contributed by atoms with Crippen LogP contribution < -0.4 is 10.1 Å². The Morgan fingerprint density at radius 2 is 2.00 bits per heavy atom. The lowest BCUT2D eigenvalue weighted by Crippen LogP contribution is -2.36. The van der Waals surface area contributed by atoms with Crippen LogP contribution in [0.5, 0.6) is 11.5 Å². The molecule has 8 nitrogen and oxygen atoms in total. The maximum atomic E-state index is 13.5. The number of fused-ring (bicyclic) bond motifs is 1. The zero-order valence-electron chi connectivity index (χ0n) is 18.2. The molecule has 1 fully saturated rings. The van der Waals surface area contributed by atoms with Crippen molar-refractivity contribution >= 4 is 34.2 Å². The number of ketones is 1. The normalized spacial score (nSPS) is 18.1. The molecule has 2 aromatic carbocycles. The predicted molar refractivity (Wildman–Crippen MR) is 129 cm³/mol. The van der Waals surface area contributed by atoms with Crippen LogP contribution in [0.15, 0.2) is 61.1 Å². The molecule has 0 radical (unpaired) electrons. The Labute approximate surface area is 200 Å². The molecule has 0 amide bonds. The van der Waals surface area contributed by atoms with Gasteiger partial charge in [0.1, 0.15) is 29.3 Å². The number of carbonyl (C=O) groups is 1. The number of aliphatic hydroxyl groups excluding tert-OH is 1. The topological polar surface area (TPSA) is 109 Å². The third-order valence-corrected chi connectivity index (χ3v) is 6.11. The lowest BCUT2D eigenvalue weighted by molar-refractivity contribution is -0.0224. The molecule has 0 saturated carbocycles. The van der Waals surface area contributed by atoms with Crippen LogP contribution in [0, 0.1) is 0 Å². The molecule has 9 heteroatoms. The number of ether oxygens (including phenoxy) is 2. The van der Waals surface area contributed by atoms with E-state index < -0.39 is 0 Å². The highest BCUT2D eigenvalue weighted by molar-refractivity contribution is 6.35. The van der Waals surface area contributed by atoms with Crippen molar-refractivity contribution in [2.75, 3.05) is 18.5 Å². The van der Waals surface area contributed by atoms with Gasteiger partial charge in [0.25, 0.3) is 0 Å². The van der Waals surface area contributed by atoms with Crippen LogP contribution in [0.1, 0.15) is 28.8 Å². The first kappa shape index (κ1) is 22.3. The lowest BCUT2D eigenvalue weighted by atomic mass is 10.0. The van der Waals surface area contributed by atoms with Gasteiger partial charge in [-0.3, -0.25) is 4.79 Å². The van der Waals surface area contributed by atoms with Crippen LogP contribution in [-0.4, -0.2) is 51.2 Å². The SMILES string of the molecule is O=C(c1ccc(Oc2ccccc2)cc1Cl)c1c[nH]c2ncnc(N[C@@H]3CC[C@H](CO)OC3)c12. The summed E-state index contributed by atoms with van der Waals surface area (Å²) in [4.78, 5) is 25.2. The summed E-state index contributed by atoms with van der Waals surface area (Å²) in [5, 5.41) is 13.5. The number of nitrogens with zero attached hydrogens (tertiary/aromatic N) is 2. The second-order valence-electron chi connectivity index (χ2n) is 8.09. The van der Waals surface area contributed by atoms with Gasteiger partial charge in [0.15, 0.2) is 5.78 Å². The van der Waals surface area contributed by atoms with E-state index in [1.807, 2.05) is 30.3 Å². The van der Waals surface area contributed by atoms with Crippen molar-refractivity contribution in [1.82, 2.24) is 15.0 Å². The number of nitrogens with one attached hydrogen (secondary N) is 2. The summed E-state index contributed by atoms with van der Waals surface area (Å²) in [5.41, 5.74) is 1.32. The van der Waals surface area contributed by atoms with Crippen LogP contribution in [-0.2, 0) is 4.74 Å². The maximum Gasteiger partial charge on any atom is 0.196 e. The second kappa shape index (κ2) is 9.80. The van der Waals surface area contributed by atoms with Gasteiger partial charge in [0.05, 0.1) is 41.3 Å². The fraction of sp³-hybridized carbons (Fsp3) is 0.240. The van der Waals surface area contributed by atoms with E-state index in [9.17, 15) is 9.90 Å². The summed E-state index contributed by atoms with van der Waals surface area (Å²) in [6.45, 7) is 0.454. The molecular weight excluding hydrogens is 456 g/mol. The number of aromatic amines is 1. The Kier molecular flexibility index (Phi) is 6.44. The molecule has 1 aliphatic rings. The summed E-state index contributed by atoms with van der Waals surface area (Å²) in [5.74, 6) is 1.52. The minimum atomic E-state index is -0.249. The fourth-order valence-electron chi connectivity index (χ4n) is 4.02. The molecule has 2 aromatic heterocycles. The smallest absolute Gasteiger partial charge is 0.196 e. The van der Waals surface area contributed by atoms with Crippen molar-refractivity contribution < 1.29 is 19.4 Å². The van der Waals surface area contributed by atoms with Crippen molar-refractivity contribution in [1.29, 1.82) is 0 Å². The number of aliphatic hydroxyl groups is 1. The van der Waals surface area contributed by atoms with E-state index in [0.29, 0.717) is 46.1 Å². The van der Waals surface area contributed by atoms with E-state index >= 15 is 0 Å². The molecule has 5 rings (SSSR count). The van der Waals surface area contributed by atoms with Crippen molar-refractivity contribution in [3.63, 3.8) is 0 Å². The average Bonchev–Trinajstić information content (AvgIpc) is 3.30. The molecule has 0 bridgehead atoms. The van der Waals surface area contributed by atoms with E-state index in [-0.39, 0.29) is 29.6 Å². The number of rotatable bonds is 7. The van der Waals surface area contributed by atoms with E-state index in [1.165, 1.54) is 6.33 Å². The van der Waals surface area contributed by atoms with Gasteiger partial charge in [-0.15, -0.1) is 0 Å². The number of aromatic nitrogens is 3. The largest absolute Gasteiger partial charge is 0.457 e. The third-order valence-electron chi connectivity index (χ3n) is 5.79.